The first-order chi connectivity index (χ1) is 5.06. The van der Waals surface area contributed by atoms with Gasteiger partial charge in [0.15, 0.2) is 0 Å². The van der Waals surface area contributed by atoms with Gasteiger partial charge in [0.2, 0.25) is 0 Å². The zero-order valence-corrected chi connectivity index (χ0v) is 8.79. The Morgan fingerprint density at radius 3 is 2.64 bits per heavy atom. The van der Waals surface area contributed by atoms with Crippen LogP contribution in [0.25, 0.3) is 0 Å². The summed E-state index contributed by atoms with van der Waals surface area (Å²) in [5, 5.41) is 10.8. The van der Waals surface area contributed by atoms with Crippen molar-refractivity contribution in [3.8, 4) is 6.07 Å². The Morgan fingerprint density at radius 1 is 1.64 bits per heavy atom. The maximum Gasteiger partial charge on any atom is 0.0774 e. The Bertz CT molecular complexity index is 295. The van der Waals surface area contributed by atoms with Crippen molar-refractivity contribution in [3.63, 3.8) is 0 Å². The standard InChI is InChI=1S/C8H8BrNS/c1-8(2,5-10)6-3-7(9)11-4-6/h3-4H,1-2H3. The molecule has 1 aromatic rings. The third-order valence-corrected chi connectivity index (χ3v) is 3.07. The Labute approximate surface area is 78.8 Å². The zero-order chi connectivity index (χ0) is 8.48. The minimum absolute atomic E-state index is 0.359. The van der Waals surface area contributed by atoms with Crippen LogP contribution in [0.5, 0.6) is 0 Å². The van der Waals surface area contributed by atoms with Gasteiger partial charge in [-0.05, 0) is 46.8 Å². The lowest BCUT2D eigenvalue weighted by Gasteiger charge is -2.11. The van der Waals surface area contributed by atoms with Crippen molar-refractivity contribution < 1.29 is 0 Å². The second kappa shape index (κ2) is 2.96. The quantitative estimate of drug-likeness (QED) is 0.726. The Hall–Kier alpha value is -0.330. The van der Waals surface area contributed by atoms with Gasteiger partial charge in [-0.15, -0.1) is 11.3 Å². The van der Waals surface area contributed by atoms with Crippen molar-refractivity contribution in [2.24, 2.45) is 0 Å². The Kier molecular flexibility index (Phi) is 2.36. The molecule has 0 unspecified atom stereocenters. The first-order valence-corrected chi connectivity index (χ1v) is 4.89. The number of hydrogen-bond donors (Lipinski definition) is 0. The van der Waals surface area contributed by atoms with E-state index < -0.39 is 0 Å². The molecule has 1 nitrogen and oxygen atoms in total. The predicted octanol–water partition coefficient (Wildman–Crippen LogP) is 3.31. The van der Waals surface area contributed by atoms with E-state index in [4.69, 9.17) is 5.26 Å². The molecule has 0 saturated carbocycles. The molecule has 0 aliphatic rings. The minimum Gasteiger partial charge on any atom is -0.197 e. The maximum absolute atomic E-state index is 8.80. The van der Waals surface area contributed by atoms with Crippen molar-refractivity contribution in [1.82, 2.24) is 0 Å². The molecular formula is C8H8BrNS. The monoisotopic (exact) mass is 229 g/mol. The summed E-state index contributed by atoms with van der Waals surface area (Å²) in [5.74, 6) is 0. The van der Waals surface area contributed by atoms with Crippen molar-refractivity contribution >= 4 is 27.3 Å². The second-order valence-electron chi connectivity index (χ2n) is 2.88. The van der Waals surface area contributed by atoms with Gasteiger partial charge < -0.3 is 0 Å². The van der Waals surface area contributed by atoms with Crippen LogP contribution in [-0.2, 0) is 5.41 Å². The SMILES string of the molecule is CC(C)(C#N)c1csc(Br)c1. The van der Waals surface area contributed by atoms with Gasteiger partial charge >= 0.3 is 0 Å². The van der Waals surface area contributed by atoms with Crippen LogP contribution in [0.2, 0.25) is 0 Å². The fourth-order valence-corrected chi connectivity index (χ4v) is 2.03. The van der Waals surface area contributed by atoms with Crippen LogP contribution in [0, 0.1) is 11.3 Å². The zero-order valence-electron chi connectivity index (χ0n) is 6.39. The third-order valence-electron chi connectivity index (χ3n) is 1.57. The Morgan fingerprint density at radius 2 is 2.27 bits per heavy atom. The van der Waals surface area contributed by atoms with Crippen LogP contribution in [0.3, 0.4) is 0 Å². The molecule has 1 heterocycles. The van der Waals surface area contributed by atoms with Crippen molar-refractivity contribution in [1.29, 1.82) is 5.26 Å². The highest BCUT2D eigenvalue weighted by atomic mass is 79.9. The molecule has 0 atom stereocenters. The van der Waals surface area contributed by atoms with Crippen LogP contribution in [0.15, 0.2) is 15.2 Å². The number of nitrogens with zero attached hydrogens (tertiary/aromatic N) is 1. The topological polar surface area (TPSA) is 23.8 Å². The molecule has 1 rings (SSSR count). The lowest BCUT2D eigenvalue weighted by molar-refractivity contribution is 0.690. The highest BCUT2D eigenvalue weighted by molar-refractivity contribution is 9.11. The summed E-state index contributed by atoms with van der Waals surface area (Å²) in [7, 11) is 0. The van der Waals surface area contributed by atoms with E-state index in [1.807, 2.05) is 25.3 Å². The maximum atomic E-state index is 8.80. The fraction of sp³-hybridized carbons (Fsp3) is 0.375. The van der Waals surface area contributed by atoms with Crippen molar-refractivity contribution in [2.75, 3.05) is 0 Å². The summed E-state index contributed by atoms with van der Waals surface area (Å²) in [4.78, 5) is 0. The molecule has 0 radical (unpaired) electrons. The summed E-state index contributed by atoms with van der Waals surface area (Å²) >= 11 is 4.98. The molecule has 0 amide bonds. The van der Waals surface area contributed by atoms with Crippen LogP contribution < -0.4 is 0 Å². The van der Waals surface area contributed by atoms with E-state index in [1.165, 1.54) is 0 Å². The molecule has 0 spiro atoms. The molecule has 0 aromatic carbocycles. The molecule has 11 heavy (non-hydrogen) atoms. The first-order valence-electron chi connectivity index (χ1n) is 3.22. The Balaban J connectivity index is 3.04. The average Bonchev–Trinajstić information content (AvgIpc) is 2.36. The normalized spacial score (nSPS) is 11.1. The molecule has 58 valence electrons. The first kappa shape index (κ1) is 8.76. The summed E-state index contributed by atoms with van der Waals surface area (Å²) < 4.78 is 1.08. The van der Waals surface area contributed by atoms with Crippen LogP contribution in [0.4, 0.5) is 0 Å². The molecule has 0 N–H and O–H groups in total. The van der Waals surface area contributed by atoms with Gasteiger partial charge in [0.25, 0.3) is 0 Å². The number of thiophene rings is 1. The summed E-state index contributed by atoms with van der Waals surface area (Å²) in [6, 6.07) is 4.25. The van der Waals surface area contributed by atoms with E-state index in [0.717, 1.165) is 9.35 Å². The molecule has 3 heteroatoms. The van der Waals surface area contributed by atoms with Gasteiger partial charge in [-0.1, -0.05) is 0 Å². The number of nitriles is 1. The van der Waals surface area contributed by atoms with Gasteiger partial charge in [-0.25, -0.2) is 0 Å². The second-order valence-corrected chi connectivity index (χ2v) is 5.17. The van der Waals surface area contributed by atoms with E-state index in [9.17, 15) is 0 Å². The van der Waals surface area contributed by atoms with Crippen LogP contribution in [-0.4, -0.2) is 0 Å². The lowest BCUT2D eigenvalue weighted by Crippen LogP contribution is -2.11. The van der Waals surface area contributed by atoms with Crippen LogP contribution in [0.1, 0.15) is 19.4 Å². The van der Waals surface area contributed by atoms with Gasteiger partial charge in [0.05, 0.1) is 15.3 Å². The van der Waals surface area contributed by atoms with E-state index in [2.05, 4.69) is 22.0 Å². The van der Waals surface area contributed by atoms with E-state index in [0.29, 0.717) is 0 Å². The highest BCUT2D eigenvalue weighted by Crippen LogP contribution is 2.29. The molecule has 0 aliphatic heterocycles. The van der Waals surface area contributed by atoms with Crippen molar-refractivity contribution in [3.05, 3.63) is 20.8 Å². The molecule has 0 aliphatic carbocycles. The summed E-state index contributed by atoms with van der Waals surface area (Å²) in [5.41, 5.74) is 0.722. The van der Waals surface area contributed by atoms with E-state index in [-0.39, 0.29) is 5.41 Å². The van der Waals surface area contributed by atoms with Crippen LogP contribution >= 0.6 is 27.3 Å². The summed E-state index contributed by atoms with van der Waals surface area (Å²) in [6.07, 6.45) is 0. The average molecular weight is 230 g/mol. The summed E-state index contributed by atoms with van der Waals surface area (Å²) in [6.45, 7) is 3.84. The van der Waals surface area contributed by atoms with Crippen molar-refractivity contribution in [2.45, 2.75) is 19.3 Å². The smallest absolute Gasteiger partial charge is 0.0774 e. The van der Waals surface area contributed by atoms with E-state index in [1.54, 1.807) is 11.3 Å². The minimum atomic E-state index is -0.359. The third kappa shape index (κ3) is 1.82. The molecule has 0 bridgehead atoms. The van der Waals surface area contributed by atoms with Gasteiger partial charge in [0.1, 0.15) is 0 Å². The fourth-order valence-electron chi connectivity index (χ4n) is 0.702. The molecule has 0 saturated heterocycles. The van der Waals surface area contributed by atoms with E-state index >= 15 is 0 Å². The molecule has 1 aromatic heterocycles. The molecule has 0 fully saturated rings. The van der Waals surface area contributed by atoms with Gasteiger partial charge in [-0.3, -0.25) is 0 Å². The number of halogens is 1. The highest BCUT2D eigenvalue weighted by Gasteiger charge is 2.20. The number of hydrogen-bond acceptors (Lipinski definition) is 2. The largest absolute Gasteiger partial charge is 0.197 e. The lowest BCUT2D eigenvalue weighted by atomic mass is 9.89. The van der Waals surface area contributed by atoms with Gasteiger partial charge in [0, 0.05) is 0 Å². The molecular weight excluding hydrogens is 222 g/mol. The van der Waals surface area contributed by atoms with Gasteiger partial charge in [-0.2, -0.15) is 5.26 Å². The number of rotatable bonds is 1. The predicted molar refractivity (Wildman–Crippen MR) is 50.7 cm³/mol.